The molecule has 0 saturated heterocycles. The summed E-state index contributed by atoms with van der Waals surface area (Å²) in [5, 5.41) is 9.94. The number of ether oxygens (including phenoxy) is 2. The molecule has 1 aromatic carbocycles. The predicted molar refractivity (Wildman–Crippen MR) is 182 cm³/mol. The van der Waals surface area contributed by atoms with Crippen molar-refractivity contribution in [3.8, 4) is 0 Å². The van der Waals surface area contributed by atoms with Crippen molar-refractivity contribution in [2.75, 3.05) is 26.1 Å². The van der Waals surface area contributed by atoms with E-state index in [0.717, 1.165) is 30.1 Å². The summed E-state index contributed by atoms with van der Waals surface area (Å²) in [6, 6.07) is 8.54. The van der Waals surface area contributed by atoms with Crippen LogP contribution in [0.3, 0.4) is 0 Å². The zero-order valence-corrected chi connectivity index (χ0v) is 29.9. The summed E-state index contributed by atoms with van der Waals surface area (Å²) in [5.74, 6) is -2.37. The molecule has 2 aromatic rings. The van der Waals surface area contributed by atoms with Gasteiger partial charge in [-0.25, -0.2) is 17.9 Å². The number of hydrogen-bond acceptors (Lipinski definition) is 9. The van der Waals surface area contributed by atoms with Crippen molar-refractivity contribution in [3.63, 3.8) is 0 Å². The molecule has 0 aliphatic heterocycles. The second-order valence-corrected chi connectivity index (χ2v) is 15.1. The fraction of sp³-hybridized carbons (Fsp3) is 0.676. The number of carbonyl (C=O) groups is 3. The first-order valence-corrected chi connectivity index (χ1v) is 18.4. The number of nitrogens with one attached hydrogen (secondary N) is 2. The number of amides is 1. The molecular formula is C34H55N5O7S. The maximum atomic E-state index is 14.2. The van der Waals surface area contributed by atoms with Gasteiger partial charge < -0.3 is 14.8 Å². The molecule has 47 heavy (non-hydrogen) atoms. The summed E-state index contributed by atoms with van der Waals surface area (Å²) in [6.45, 7) is 7.01. The highest BCUT2D eigenvalue weighted by molar-refractivity contribution is 7.90. The van der Waals surface area contributed by atoms with Gasteiger partial charge in [-0.1, -0.05) is 109 Å². The molecule has 1 amide bonds. The standard InChI is InChI=1S/C34H55N5O7S/c1-7-8-9-10-11-12-13-14-18-23-28(47(43,44)35-5)24-19-20-25-46-34(31(41)33(2,3)4,32(42)37-27-21-16-15-17-22-27)39-29(26-36-38-39)30(40)45-6/h15-17,21-22,26,28,35H,7-14,18-20,23-25H2,1-6H3,(H,37,42). The second-order valence-electron chi connectivity index (χ2n) is 12.9. The molecule has 0 fully saturated rings. The van der Waals surface area contributed by atoms with Gasteiger partial charge in [0.25, 0.3) is 5.91 Å². The Hall–Kier alpha value is -3.16. The molecule has 0 spiro atoms. The lowest BCUT2D eigenvalue weighted by atomic mass is 9.83. The van der Waals surface area contributed by atoms with E-state index in [1.54, 1.807) is 51.1 Å². The van der Waals surface area contributed by atoms with E-state index in [4.69, 9.17) is 9.47 Å². The fourth-order valence-electron chi connectivity index (χ4n) is 5.44. The summed E-state index contributed by atoms with van der Waals surface area (Å²) in [5.41, 5.74) is -3.37. The van der Waals surface area contributed by atoms with Crippen molar-refractivity contribution in [1.29, 1.82) is 0 Å². The average Bonchev–Trinajstić information content (AvgIpc) is 3.54. The highest BCUT2D eigenvalue weighted by Gasteiger charge is 2.55. The summed E-state index contributed by atoms with van der Waals surface area (Å²) in [6.07, 6.45) is 13.2. The van der Waals surface area contributed by atoms with Crippen molar-refractivity contribution in [2.45, 2.75) is 122 Å². The van der Waals surface area contributed by atoms with Crippen LogP contribution in [0.15, 0.2) is 36.5 Å². The molecule has 1 heterocycles. The van der Waals surface area contributed by atoms with Crippen LogP contribution in [0.5, 0.6) is 0 Å². The first-order chi connectivity index (χ1) is 22.3. The normalized spacial score (nSPS) is 13.9. The predicted octanol–water partition coefficient (Wildman–Crippen LogP) is 6.00. The number of unbranched alkanes of at least 4 members (excludes halogenated alkanes) is 9. The van der Waals surface area contributed by atoms with E-state index in [0.29, 0.717) is 31.4 Å². The number of sulfonamides is 1. The Labute approximate surface area is 280 Å². The number of rotatable bonds is 23. The molecule has 264 valence electrons. The van der Waals surface area contributed by atoms with E-state index in [2.05, 4.69) is 27.3 Å². The van der Waals surface area contributed by atoms with E-state index < -0.39 is 44.1 Å². The first kappa shape index (κ1) is 40.0. The van der Waals surface area contributed by atoms with Gasteiger partial charge in [0.2, 0.25) is 15.8 Å². The lowest BCUT2D eigenvalue weighted by Gasteiger charge is -2.36. The Morgan fingerprint density at radius 1 is 0.894 bits per heavy atom. The molecular weight excluding hydrogens is 622 g/mol. The van der Waals surface area contributed by atoms with Crippen LogP contribution in [-0.4, -0.2) is 67.1 Å². The van der Waals surface area contributed by atoms with E-state index in [9.17, 15) is 22.8 Å². The smallest absolute Gasteiger partial charge is 0.358 e. The third kappa shape index (κ3) is 11.8. The van der Waals surface area contributed by atoms with Gasteiger partial charge in [-0.2, -0.15) is 4.68 Å². The lowest BCUT2D eigenvalue weighted by Crippen LogP contribution is -2.59. The van der Waals surface area contributed by atoms with Gasteiger partial charge in [-0.05, 0) is 44.9 Å². The maximum Gasteiger partial charge on any atom is 0.358 e. The van der Waals surface area contributed by atoms with Crippen LogP contribution in [0, 0.1) is 5.41 Å². The van der Waals surface area contributed by atoms with Gasteiger partial charge in [0.1, 0.15) is 0 Å². The van der Waals surface area contributed by atoms with Crippen molar-refractivity contribution in [1.82, 2.24) is 19.7 Å². The number of nitrogens with zero attached hydrogens (tertiary/aromatic N) is 3. The number of para-hydroxylation sites is 1. The quantitative estimate of drug-likeness (QED) is 0.0818. The minimum atomic E-state index is -3.50. The SMILES string of the molecule is CCCCCCCCCCCC(CCCCOC(C(=O)Nc1ccccc1)(C(=O)C(C)(C)C)n1nncc1C(=O)OC)S(=O)(=O)NC. The number of anilines is 1. The Morgan fingerprint density at radius 2 is 1.47 bits per heavy atom. The molecule has 13 heteroatoms. The van der Waals surface area contributed by atoms with Crippen molar-refractivity contribution in [3.05, 3.63) is 42.2 Å². The van der Waals surface area contributed by atoms with Crippen LogP contribution < -0.4 is 10.0 Å². The number of benzene rings is 1. The number of ketones is 1. The summed E-state index contributed by atoms with van der Waals surface area (Å²) in [7, 11) is -0.905. The maximum absolute atomic E-state index is 14.2. The van der Waals surface area contributed by atoms with Crippen LogP contribution in [-0.2, 0) is 34.8 Å². The number of carbonyl (C=O) groups excluding carboxylic acids is 3. The molecule has 0 radical (unpaired) electrons. The number of Topliss-reactive ketones (excluding diaryl/α,β-unsaturated/α-hetero) is 1. The van der Waals surface area contributed by atoms with Gasteiger partial charge in [-0.15, -0.1) is 5.10 Å². The summed E-state index contributed by atoms with van der Waals surface area (Å²) < 4.78 is 40.1. The third-order valence-corrected chi connectivity index (χ3v) is 10.1. The monoisotopic (exact) mass is 677 g/mol. The Balaban J connectivity index is 2.21. The van der Waals surface area contributed by atoms with Crippen molar-refractivity contribution in [2.24, 2.45) is 5.41 Å². The molecule has 0 aliphatic carbocycles. The van der Waals surface area contributed by atoms with Crippen LogP contribution >= 0.6 is 0 Å². The molecule has 2 N–H and O–H groups in total. The minimum absolute atomic E-state index is 0.102. The lowest BCUT2D eigenvalue weighted by molar-refractivity contribution is -0.179. The summed E-state index contributed by atoms with van der Waals surface area (Å²) >= 11 is 0. The molecule has 2 unspecified atom stereocenters. The minimum Gasteiger partial charge on any atom is -0.464 e. The zero-order chi connectivity index (χ0) is 34.9. The van der Waals surface area contributed by atoms with Gasteiger partial charge in [-0.3, -0.25) is 9.59 Å². The molecule has 0 bridgehead atoms. The van der Waals surface area contributed by atoms with Crippen LogP contribution in [0.4, 0.5) is 5.69 Å². The molecule has 2 atom stereocenters. The Kier molecular flexibility index (Phi) is 16.7. The van der Waals surface area contributed by atoms with Crippen LogP contribution in [0.2, 0.25) is 0 Å². The molecule has 1 aromatic heterocycles. The van der Waals surface area contributed by atoms with Gasteiger partial charge >= 0.3 is 11.7 Å². The van der Waals surface area contributed by atoms with E-state index >= 15 is 0 Å². The van der Waals surface area contributed by atoms with Gasteiger partial charge in [0.05, 0.1) is 25.2 Å². The number of esters is 1. The van der Waals surface area contributed by atoms with Gasteiger partial charge in [0, 0.05) is 11.1 Å². The number of aromatic nitrogens is 3. The van der Waals surface area contributed by atoms with E-state index in [-0.39, 0.29) is 12.3 Å². The molecule has 0 saturated carbocycles. The Morgan fingerprint density at radius 3 is 2.02 bits per heavy atom. The van der Waals surface area contributed by atoms with Crippen molar-refractivity contribution < 1.29 is 32.3 Å². The average molecular weight is 678 g/mol. The largest absolute Gasteiger partial charge is 0.464 e. The zero-order valence-electron chi connectivity index (χ0n) is 29.0. The van der Waals surface area contributed by atoms with Crippen molar-refractivity contribution >= 4 is 33.4 Å². The third-order valence-electron chi connectivity index (χ3n) is 8.15. The fourth-order valence-corrected chi connectivity index (χ4v) is 6.73. The Bertz CT molecular complexity index is 1360. The molecule has 12 nitrogen and oxygen atoms in total. The van der Waals surface area contributed by atoms with Crippen LogP contribution in [0.1, 0.15) is 122 Å². The van der Waals surface area contributed by atoms with Gasteiger partial charge in [0.15, 0.2) is 5.69 Å². The number of hydrogen-bond donors (Lipinski definition) is 2. The highest BCUT2D eigenvalue weighted by atomic mass is 32.2. The molecule has 0 aliphatic rings. The topological polar surface area (TPSA) is 159 Å². The number of methoxy groups -OCH3 is 1. The van der Waals surface area contributed by atoms with Crippen LogP contribution in [0.25, 0.3) is 0 Å². The first-order valence-electron chi connectivity index (χ1n) is 16.8. The summed E-state index contributed by atoms with van der Waals surface area (Å²) in [4.78, 5) is 40.9. The molecule has 2 rings (SSSR count). The highest BCUT2D eigenvalue weighted by Crippen LogP contribution is 2.33. The second kappa shape index (κ2) is 19.6. The van der Waals surface area contributed by atoms with E-state index in [1.807, 2.05) is 0 Å². The van der Waals surface area contributed by atoms with E-state index in [1.165, 1.54) is 52.7 Å².